The van der Waals surface area contributed by atoms with Crippen LogP contribution in [0.1, 0.15) is 48.6 Å². The van der Waals surface area contributed by atoms with Gasteiger partial charge in [0.05, 0.1) is 5.69 Å². The van der Waals surface area contributed by atoms with E-state index in [1.165, 1.54) is 61.2 Å². The van der Waals surface area contributed by atoms with E-state index >= 15 is 0 Å². The Labute approximate surface area is 322 Å². The zero-order valence-corrected chi connectivity index (χ0v) is 31.2. The van der Waals surface area contributed by atoms with Gasteiger partial charge in [-0.15, -0.1) is 0 Å². The van der Waals surface area contributed by atoms with Crippen molar-refractivity contribution in [1.82, 2.24) is 0 Å². The number of anilines is 3. The molecule has 0 N–H and O–H groups in total. The first kappa shape index (κ1) is 31.8. The summed E-state index contributed by atoms with van der Waals surface area (Å²) in [5.74, 6) is 0. The lowest BCUT2D eigenvalue weighted by molar-refractivity contribution is 0.660. The van der Waals surface area contributed by atoms with Gasteiger partial charge in [-0.1, -0.05) is 153 Å². The predicted molar refractivity (Wildman–Crippen MR) is 229 cm³/mol. The monoisotopic (exact) mass is 705 g/mol. The Hall–Kier alpha value is -6.64. The Morgan fingerprint density at radius 2 is 0.964 bits per heavy atom. The van der Waals surface area contributed by atoms with Crippen LogP contribution in [-0.2, 0) is 10.8 Å². The molecule has 262 valence electrons. The smallest absolute Gasteiger partial charge is 0.159 e. The lowest BCUT2D eigenvalue weighted by atomic mass is 9.73. The van der Waals surface area contributed by atoms with Crippen LogP contribution in [0.2, 0.25) is 0 Å². The molecule has 0 fully saturated rings. The second kappa shape index (κ2) is 11.7. The largest absolute Gasteiger partial charge is 0.454 e. The lowest BCUT2D eigenvalue weighted by Gasteiger charge is -2.32. The van der Waals surface area contributed by atoms with Crippen LogP contribution < -0.4 is 4.90 Å². The van der Waals surface area contributed by atoms with Crippen molar-refractivity contribution in [3.05, 3.63) is 210 Å². The molecule has 2 aliphatic rings. The van der Waals surface area contributed by atoms with E-state index < -0.39 is 0 Å². The van der Waals surface area contributed by atoms with E-state index in [9.17, 15) is 0 Å². The van der Waals surface area contributed by atoms with E-state index in [-0.39, 0.29) is 10.8 Å². The minimum atomic E-state index is -0.390. The fourth-order valence-corrected chi connectivity index (χ4v) is 9.72. The highest BCUT2D eigenvalue weighted by Gasteiger charge is 2.42. The van der Waals surface area contributed by atoms with Crippen LogP contribution in [0.15, 0.2) is 186 Å². The first-order valence-corrected chi connectivity index (χ1v) is 19.3. The summed E-state index contributed by atoms with van der Waals surface area (Å²) in [6.45, 7) is 7.11. The van der Waals surface area contributed by atoms with Gasteiger partial charge in [0.1, 0.15) is 5.58 Å². The molecule has 0 aliphatic heterocycles. The number of furan rings is 1. The summed E-state index contributed by atoms with van der Waals surface area (Å²) in [6.07, 6.45) is 0. The maximum atomic E-state index is 6.93. The summed E-state index contributed by atoms with van der Waals surface area (Å²) < 4.78 is 6.93. The predicted octanol–water partition coefficient (Wildman–Crippen LogP) is 14.4. The van der Waals surface area contributed by atoms with E-state index in [1.54, 1.807) is 0 Å². The average molecular weight is 706 g/mol. The maximum Gasteiger partial charge on any atom is 0.159 e. The molecule has 1 aromatic heterocycles. The normalized spacial score (nSPS) is 14.4. The molecule has 55 heavy (non-hydrogen) atoms. The van der Waals surface area contributed by atoms with Gasteiger partial charge < -0.3 is 9.32 Å². The van der Waals surface area contributed by atoms with Crippen molar-refractivity contribution < 1.29 is 4.42 Å². The number of nitrogens with zero attached hydrogens (tertiary/aromatic N) is 1. The van der Waals surface area contributed by atoms with E-state index in [2.05, 4.69) is 208 Å². The topological polar surface area (TPSA) is 16.4 Å². The molecule has 0 saturated heterocycles. The number of hydrogen-bond donors (Lipinski definition) is 0. The van der Waals surface area contributed by atoms with Crippen LogP contribution in [0.25, 0.3) is 55.3 Å². The molecule has 0 atom stereocenters. The minimum Gasteiger partial charge on any atom is -0.454 e. The first-order chi connectivity index (χ1) is 26.9. The van der Waals surface area contributed by atoms with Gasteiger partial charge in [-0.2, -0.15) is 0 Å². The molecule has 2 heteroatoms. The number of fused-ring (bicyclic) bond motifs is 9. The van der Waals surface area contributed by atoms with Gasteiger partial charge in [0.25, 0.3) is 0 Å². The molecule has 0 spiro atoms. The summed E-state index contributed by atoms with van der Waals surface area (Å²) in [5, 5.41) is 2.24. The van der Waals surface area contributed by atoms with Gasteiger partial charge >= 0.3 is 0 Å². The van der Waals surface area contributed by atoms with Crippen molar-refractivity contribution in [2.75, 3.05) is 4.90 Å². The molecular weight excluding hydrogens is 667 g/mol. The van der Waals surface area contributed by atoms with Gasteiger partial charge in [-0.3, -0.25) is 0 Å². The van der Waals surface area contributed by atoms with E-state index in [0.29, 0.717) is 0 Å². The van der Waals surface area contributed by atoms with Gasteiger partial charge in [-0.05, 0) is 111 Å². The minimum absolute atomic E-state index is 0.147. The first-order valence-electron chi connectivity index (χ1n) is 19.3. The van der Waals surface area contributed by atoms with Crippen molar-refractivity contribution in [3.8, 4) is 33.4 Å². The maximum absolute atomic E-state index is 6.93. The molecule has 11 rings (SSSR count). The number of benzene rings is 8. The molecule has 0 saturated carbocycles. The number of para-hydroxylation sites is 1. The van der Waals surface area contributed by atoms with E-state index in [4.69, 9.17) is 4.42 Å². The van der Waals surface area contributed by atoms with Crippen LogP contribution in [0.4, 0.5) is 17.1 Å². The van der Waals surface area contributed by atoms with Crippen LogP contribution in [0, 0.1) is 0 Å². The zero-order valence-electron chi connectivity index (χ0n) is 31.2. The summed E-state index contributed by atoms with van der Waals surface area (Å²) in [6, 6.07) is 66.7. The Morgan fingerprint density at radius 1 is 0.418 bits per heavy atom. The number of rotatable bonds is 5. The molecule has 2 nitrogen and oxygen atoms in total. The van der Waals surface area contributed by atoms with Crippen LogP contribution in [0.5, 0.6) is 0 Å². The molecule has 0 amide bonds. The Bertz CT molecular complexity index is 2920. The molecule has 2 aliphatic carbocycles. The summed E-state index contributed by atoms with van der Waals surface area (Å²) in [7, 11) is 0. The number of hydrogen-bond acceptors (Lipinski definition) is 2. The van der Waals surface area contributed by atoms with Crippen molar-refractivity contribution in [1.29, 1.82) is 0 Å². The van der Waals surface area contributed by atoms with Crippen molar-refractivity contribution >= 4 is 39.0 Å². The molecule has 9 aromatic rings. The van der Waals surface area contributed by atoms with Crippen molar-refractivity contribution in [3.63, 3.8) is 0 Å². The molecule has 8 aromatic carbocycles. The van der Waals surface area contributed by atoms with E-state index in [1.807, 2.05) is 0 Å². The van der Waals surface area contributed by atoms with Crippen LogP contribution in [-0.4, -0.2) is 0 Å². The van der Waals surface area contributed by atoms with Crippen LogP contribution >= 0.6 is 0 Å². The van der Waals surface area contributed by atoms with Crippen molar-refractivity contribution in [2.45, 2.75) is 31.6 Å². The Morgan fingerprint density at radius 3 is 1.67 bits per heavy atom. The average Bonchev–Trinajstić information content (AvgIpc) is 3.83. The fourth-order valence-electron chi connectivity index (χ4n) is 9.72. The zero-order chi connectivity index (χ0) is 36.9. The van der Waals surface area contributed by atoms with Crippen LogP contribution in [0.3, 0.4) is 0 Å². The molecule has 0 radical (unpaired) electrons. The quantitative estimate of drug-likeness (QED) is 0.177. The second-order valence-corrected chi connectivity index (χ2v) is 15.8. The Kier molecular flexibility index (Phi) is 6.76. The highest BCUT2D eigenvalue weighted by molar-refractivity contribution is 6.11. The van der Waals surface area contributed by atoms with Gasteiger partial charge in [0, 0.05) is 33.0 Å². The SMILES string of the molecule is CC1(C)c2ccccc2-c2ccc(N(c3ccc(-c4ccccc4)cc3)c3cc(C4(C)c5ccccc5-c5ccccc54)cc4c3oc3ccccc34)cc21. The highest BCUT2D eigenvalue weighted by Crippen LogP contribution is 2.55. The second-order valence-electron chi connectivity index (χ2n) is 15.8. The highest BCUT2D eigenvalue weighted by atomic mass is 16.3. The third-order valence-corrected chi connectivity index (χ3v) is 12.6. The Balaban J connectivity index is 1.20. The molecule has 1 heterocycles. The van der Waals surface area contributed by atoms with Crippen molar-refractivity contribution in [2.24, 2.45) is 0 Å². The van der Waals surface area contributed by atoms with Gasteiger partial charge in [0.2, 0.25) is 0 Å². The summed E-state index contributed by atoms with van der Waals surface area (Å²) >= 11 is 0. The third kappa shape index (κ3) is 4.55. The standard InChI is InChI=1S/C53H39NO/c1-52(2)45-21-11-7-17-39(45)42-30-29-38(33-48(42)52)54(37-27-25-35(26-28-37)34-15-5-4-6-16-34)49-32-36(31-44-43-20-10-14-24-50(43)55-51(44)49)53(3)46-22-12-8-18-40(46)41-19-9-13-23-47(41)53/h4-33H,1-3H3. The van der Waals surface area contributed by atoms with Gasteiger partial charge in [-0.25, -0.2) is 0 Å². The summed E-state index contributed by atoms with van der Waals surface area (Å²) in [5.41, 5.74) is 18.6. The molecule has 0 unspecified atom stereocenters. The fraction of sp³-hybridized carbons (Fsp3) is 0.0943. The third-order valence-electron chi connectivity index (χ3n) is 12.6. The van der Waals surface area contributed by atoms with E-state index in [0.717, 1.165) is 39.0 Å². The molecule has 0 bridgehead atoms. The molecular formula is C53H39NO. The summed E-state index contributed by atoms with van der Waals surface area (Å²) in [4.78, 5) is 2.43. The lowest BCUT2D eigenvalue weighted by Crippen LogP contribution is -2.23. The van der Waals surface area contributed by atoms with Gasteiger partial charge in [0.15, 0.2) is 5.58 Å².